The Morgan fingerprint density at radius 2 is 1.59 bits per heavy atom. The fraction of sp³-hybridized carbons (Fsp3) is 0.364. The smallest absolute Gasteiger partial charge is 0.271 e. The van der Waals surface area contributed by atoms with Gasteiger partial charge in [-0.2, -0.15) is 5.10 Å². The molecule has 0 atom stereocenters. The highest BCUT2D eigenvalue weighted by Gasteiger charge is 2.51. The molecule has 4 saturated carbocycles. The average molecular weight is 617 g/mol. The third-order valence-corrected chi connectivity index (χ3v) is 9.38. The molecular formula is C33H34BrN3O4. The van der Waals surface area contributed by atoms with Crippen molar-refractivity contribution >= 4 is 39.6 Å². The van der Waals surface area contributed by atoms with Crippen molar-refractivity contribution in [3.05, 3.63) is 87.9 Å². The van der Waals surface area contributed by atoms with E-state index in [1.54, 1.807) is 42.5 Å². The Morgan fingerprint density at radius 1 is 0.927 bits per heavy atom. The fourth-order valence-corrected chi connectivity index (χ4v) is 7.69. The van der Waals surface area contributed by atoms with Crippen LogP contribution in [0.1, 0.15) is 60.0 Å². The monoisotopic (exact) mass is 615 g/mol. The normalized spacial score (nSPS) is 24.3. The lowest BCUT2D eigenvalue weighted by Gasteiger charge is -2.57. The molecule has 0 spiro atoms. The van der Waals surface area contributed by atoms with E-state index in [-0.39, 0.29) is 18.4 Å². The minimum absolute atomic E-state index is 0.149. The van der Waals surface area contributed by atoms with Crippen LogP contribution >= 0.6 is 15.9 Å². The molecule has 212 valence electrons. The molecule has 3 aromatic carbocycles. The van der Waals surface area contributed by atoms with Gasteiger partial charge in [-0.1, -0.05) is 28.1 Å². The summed E-state index contributed by atoms with van der Waals surface area (Å²) >= 11 is 3.35. The molecule has 4 aliphatic carbocycles. The first kappa shape index (κ1) is 27.5. The van der Waals surface area contributed by atoms with Gasteiger partial charge in [-0.3, -0.25) is 9.59 Å². The van der Waals surface area contributed by atoms with Crippen molar-refractivity contribution in [2.24, 2.45) is 22.9 Å². The van der Waals surface area contributed by atoms with Gasteiger partial charge in [-0.05, 0) is 127 Å². The lowest BCUT2D eigenvalue weighted by molar-refractivity contribution is -0.118. The molecule has 7 rings (SSSR count). The van der Waals surface area contributed by atoms with Gasteiger partial charge in [0.2, 0.25) is 0 Å². The van der Waals surface area contributed by atoms with E-state index >= 15 is 0 Å². The van der Waals surface area contributed by atoms with Crippen LogP contribution < -0.4 is 20.2 Å². The number of carbonyl (C=O) groups excluding carboxylic acids is 2. The molecule has 2 amide bonds. The second kappa shape index (κ2) is 11.7. The van der Waals surface area contributed by atoms with Gasteiger partial charge in [0.05, 0.1) is 13.3 Å². The number of carbonyl (C=O) groups is 2. The molecule has 0 radical (unpaired) electrons. The van der Waals surface area contributed by atoms with Crippen molar-refractivity contribution < 1.29 is 19.1 Å². The van der Waals surface area contributed by atoms with Crippen molar-refractivity contribution in [2.75, 3.05) is 19.0 Å². The number of hydrogen-bond acceptors (Lipinski definition) is 5. The van der Waals surface area contributed by atoms with Crippen molar-refractivity contribution in [1.82, 2.24) is 5.43 Å². The Bertz CT molecular complexity index is 1420. The third kappa shape index (κ3) is 6.17. The van der Waals surface area contributed by atoms with Crippen LogP contribution in [0.25, 0.3) is 0 Å². The molecule has 0 unspecified atom stereocenters. The third-order valence-electron chi connectivity index (χ3n) is 8.85. The number of hydrogen-bond donors (Lipinski definition) is 2. The number of nitrogens with one attached hydrogen (secondary N) is 2. The number of ether oxygens (including phenoxy) is 2. The summed E-state index contributed by atoms with van der Waals surface area (Å²) in [6.07, 6.45) is 9.78. The summed E-state index contributed by atoms with van der Waals surface area (Å²) in [4.78, 5) is 24.9. The predicted octanol–water partition coefficient (Wildman–Crippen LogP) is 6.71. The quantitative estimate of drug-likeness (QED) is 0.207. The van der Waals surface area contributed by atoms with E-state index in [1.807, 2.05) is 12.1 Å². The molecule has 2 N–H and O–H groups in total. The van der Waals surface area contributed by atoms with Crippen LogP contribution in [0.2, 0.25) is 0 Å². The Morgan fingerprint density at radius 3 is 2.22 bits per heavy atom. The Labute approximate surface area is 248 Å². The second-order valence-corrected chi connectivity index (χ2v) is 12.6. The molecule has 4 fully saturated rings. The van der Waals surface area contributed by atoms with Crippen LogP contribution in [0.5, 0.6) is 11.5 Å². The van der Waals surface area contributed by atoms with Crippen LogP contribution in [0.3, 0.4) is 0 Å². The lowest BCUT2D eigenvalue weighted by atomic mass is 9.48. The summed E-state index contributed by atoms with van der Waals surface area (Å²) < 4.78 is 12.1. The van der Waals surface area contributed by atoms with E-state index in [0.717, 1.165) is 27.9 Å². The maximum absolute atomic E-state index is 12.7. The number of nitrogens with zero attached hydrogens (tertiary/aromatic N) is 1. The molecule has 4 aliphatic rings. The fourth-order valence-electron chi connectivity index (χ4n) is 7.43. The van der Waals surface area contributed by atoms with Gasteiger partial charge in [0, 0.05) is 15.7 Å². The molecule has 0 aliphatic heterocycles. The number of methoxy groups -OCH3 is 1. The number of anilines is 1. The summed E-state index contributed by atoms with van der Waals surface area (Å²) in [5, 5.41) is 6.98. The van der Waals surface area contributed by atoms with E-state index in [4.69, 9.17) is 9.47 Å². The van der Waals surface area contributed by atoms with Gasteiger partial charge in [-0.15, -0.1) is 0 Å². The zero-order valence-electron chi connectivity index (χ0n) is 23.1. The highest BCUT2D eigenvalue weighted by atomic mass is 79.9. The van der Waals surface area contributed by atoms with Crippen LogP contribution in [-0.2, 0) is 10.2 Å². The first-order valence-electron chi connectivity index (χ1n) is 14.2. The number of amides is 2. The van der Waals surface area contributed by atoms with E-state index < -0.39 is 0 Å². The Kier molecular flexibility index (Phi) is 7.84. The van der Waals surface area contributed by atoms with Gasteiger partial charge < -0.3 is 14.8 Å². The number of halogens is 1. The number of hydrazone groups is 1. The maximum atomic E-state index is 12.7. The summed E-state index contributed by atoms with van der Waals surface area (Å²) in [6, 6.07) is 20.7. The molecule has 8 heteroatoms. The average Bonchev–Trinajstić information content (AvgIpc) is 2.96. The number of rotatable bonds is 9. The molecule has 0 aromatic heterocycles. The maximum Gasteiger partial charge on any atom is 0.271 e. The van der Waals surface area contributed by atoms with Crippen LogP contribution in [0.15, 0.2) is 76.3 Å². The predicted molar refractivity (Wildman–Crippen MR) is 163 cm³/mol. The standard InChI is InChI=1S/C33H34BrN3O4/c1-40-30-15-21(19-35-37-32(39)25-3-7-27(34)8-4-25)2-11-29(30)41-20-31(38)36-28-9-5-26(6-10-28)33-16-22-12-23(17-33)14-24(13-22)18-33/h2-11,15,19,22-24H,12-14,16-18,20H2,1H3,(H,36,38)(H,37,39)/b35-19+. The minimum atomic E-state index is -0.311. The summed E-state index contributed by atoms with van der Waals surface area (Å²) in [6.45, 7) is -0.149. The van der Waals surface area contributed by atoms with E-state index in [9.17, 15) is 9.59 Å². The molecule has 7 nitrogen and oxygen atoms in total. The molecule has 41 heavy (non-hydrogen) atoms. The van der Waals surface area contributed by atoms with Gasteiger partial charge >= 0.3 is 0 Å². The van der Waals surface area contributed by atoms with Crippen molar-refractivity contribution in [3.8, 4) is 11.5 Å². The zero-order chi connectivity index (χ0) is 28.4. The van der Waals surface area contributed by atoms with Crippen molar-refractivity contribution in [3.63, 3.8) is 0 Å². The van der Waals surface area contributed by atoms with Gasteiger partial charge in [0.15, 0.2) is 18.1 Å². The van der Waals surface area contributed by atoms with Gasteiger partial charge in [0.25, 0.3) is 11.8 Å². The van der Waals surface area contributed by atoms with E-state index in [0.29, 0.717) is 28.0 Å². The van der Waals surface area contributed by atoms with Crippen molar-refractivity contribution in [2.45, 2.75) is 43.9 Å². The summed E-state index contributed by atoms with van der Waals surface area (Å²) in [5.74, 6) is 3.06. The highest BCUT2D eigenvalue weighted by Crippen LogP contribution is 2.60. The molecule has 0 saturated heterocycles. The van der Waals surface area contributed by atoms with Gasteiger partial charge in [0.1, 0.15) is 0 Å². The summed E-state index contributed by atoms with van der Waals surface area (Å²) in [7, 11) is 1.53. The SMILES string of the molecule is COc1cc(/C=N/NC(=O)c2ccc(Br)cc2)ccc1OCC(=O)Nc1ccc(C23CC4CC(CC(C4)C2)C3)cc1. The lowest BCUT2D eigenvalue weighted by Crippen LogP contribution is -2.48. The van der Waals surface area contributed by atoms with Crippen molar-refractivity contribution in [1.29, 1.82) is 0 Å². The Balaban J connectivity index is 1.01. The topological polar surface area (TPSA) is 89.0 Å². The molecule has 0 heterocycles. The summed E-state index contributed by atoms with van der Waals surface area (Å²) in [5.41, 5.74) is 6.27. The van der Waals surface area contributed by atoms with Gasteiger partial charge in [-0.25, -0.2) is 5.43 Å². The Hall–Kier alpha value is -3.65. The molecule has 3 aromatic rings. The van der Waals surface area contributed by atoms with Crippen LogP contribution in [0.4, 0.5) is 5.69 Å². The first-order chi connectivity index (χ1) is 19.9. The van der Waals surface area contributed by atoms with E-state index in [2.05, 4.69) is 43.9 Å². The highest BCUT2D eigenvalue weighted by molar-refractivity contribution is 9.10. The second-order valence-electron chi connectivity index (χ2n) is 11.7. The largest absolute Gasteiger partial charge is 0.493 e. The molecular weight excluding hydrogens is 582 g/mol. The molecule has 4 bridgehead atoms. The minimum Gasteiger partial charge on any atom is -0.493 e. The van der Waals surface area contributed by atoms with Crippen LogP contribution in [0, 0.1) is 17.8 Å². The number of benzene rings is 3. The zero-order valence-corrected chi connectivity index (χ0v) is 24.7. The first-order valence-corrected chi connectivity index (χ1v) is 15.0. The van der Waals surface area contributed by atoms with Crippen LogP contribution in [-0.4, -0.2) is 31.7 Å². The van der Waals surface area contributed by atoms with E-state index in [1.165, 1.54) is 57.4 Å².